The fourth-order valence-electron chi connectivity index (χ4n) is 0.616. The van der Waals surface area contributed by atoms with E-state index in [1.807, 2.05) is 13.8 Å². The Morgan fingerprint density at radius 2 is 1.85 bits per heavy atom. The van der Waals surface area contributed by atoms with Crippen LogP contribution in [0.5, 0.6) is 0 Å². The first-order valence-electron chi connectivity index (χ1n) is 4.30. The Kier molecular flexibility index (Phi) is 4.60. The van der Waals surface area contributed by atoms with Crippen LogP contribution in [0.1, 0.15) is 34.6 Å². The average Bonchev–Trinajstić information content (AvgIpc) is 1.78. The third-order valence-corrected chi connectivity index (χ3v) is 2.21. The largest absolute Gasteiger partial charge is 0.472 e. The number of phosphoric ester groups is 1. The lowest BCUT2D eigenvalue weighted by molar-refractivity contribution is 0.0571. The molecule has 0 aliphatic rings. The summed E-state index contributed by atoms with van der Waals surface area (Å²) in [5.74, 6) is 0.212. The molecule has 0 bridgehead atoms. The van der Waals surface area contributed by atoms with Crippen molar-refractivity contribution in [2.75, 3.05) is 6.61 Å². The average molecular weight is 210 g/mol. The highest BCUT2D eigenvalue weighted by Crippen LogP contribution is 2.47. The molecule has 80 valence electrons. The molecule has 0 saturated heterocycles. The van der Waals surface area contributed by atoms with E-state index in [4.69, 9.17) is 9.05 Å². The van der Waals surface area contributed by atoms with E-state index in [0.717, 1.165) is 0 Å². The van der Waals surface area contributed by atoms with Crippen molar-refractivity contribution in [3.8, 4) is 0 Å². The van der Waals surface area contributed by atoms with Gasteiger partial charge in [0.15, 0.2) is 0 Å². The van der Waals surface area contributed by atoms with Crippen LogP contribution < -0.4 is 0 Å². The maximum absolute atomic E-state index is 11.2. The molecule has 0 heterocycles. The van der Waals surface area contributed by atoms with Gasteiger partial charge in [0, 0.05) is 0 Å². The maximum Gasteiger partial charge on any atom is 0.472 e. The molecule has 0 aromatic heterocycles. The van der Waals surface area contributed by atoms with Gasteiger partial charge in [0.1, 0.15) is 0 Å². The molecule has 1 unspecified atom stereocenters. The molecule has 5 heteroatoms. The standard InChI is InChI=1S/C8H19O4P/c1-7(2)6-11-13(9,10)12-8(3,4)5/h7H,6H2,1-5H3,(H,9,10). The summed E-state index contributed by atoms with van der Waals surface area (Å²) in [6.07, 6.45) is 0. The smallest absolute Gasteiger partial charge is 0.302 e. The van der Waals surface area contributed by atoms with Gasteiger partial charge >= 0.3 is 7.82 Å². The van der Waals surface area contributed by atoms with E-state index < -0.39 is 13.4 Å². The number of rotatable bonds is 4. The van der Waals surface area contributed by atoms with Gasteiger partial charge in [-0.05, 0) is 26.7 Å². The molecule has 0 spiro atoms. The Labute approximate surface area is 79.9 Å². The van der Waals surface area contributed by atoms with Crippen molar-refractivity contribution < 1.29 is 18.5 Å². The van der Waals surface area contributed by atoms with Crippen LogP contribution in [-0.2, 0) is 13.6 Å². The molecule has 0 aromatic rings. The highest BCUT2D eigenvalue weighted by Gasteiger charge is 2.28. The van der Waals surface area contributed by atoms with E-state index in [9.17, 15) is 9.46 Å². The van der Waals surface area contributed by atoms with Crippen molar-refractivity contribution in [1.29, 1.82) is 0 Å². The monoisotopic (exact) mass is 210 g/mol. The van der Waals surface area contributed by atoms with E-state index in [1.165, 1.54) is 0 Å². The van der Waals surface area contributed by atoms with Gasteiger partial charge in [0.25, 0.3) is 0 Å². The summed E-state index contributed by atoms with van der Waals surface area (Å²) in [6.45, 7) is 9.13. The van der Waals surface area contributed by atoms with Crippen molar-refractivity contribution in [2.45, 2.75) is 40.2 Å². The second kappa shape index (κ2) is 4.56. The zero-order valence-electron chi connectivity index (χ0n) is 8.90. The summed E-state index contributed by atoms with van der Waals surface area (Å²) < 4.78 is 20.9. The fraction of sp³-hybridized carbons (Fsp3) is 1.00. The second-order valence-corrected chi connectivity index (χ2v) is 5.74. The first-order chi connectivity index (χ1) is 5.62. The fourth-order valence-corrected chi connectivity index (χ4v) is 1.85. The molecule has 1 atom stereocenters. The lowest BCUT2D eigenvalue weighted by atomic mass is 10.2. The summed E-state index contributed by atoms with van der Waals surface area (Å²) in [7, 11) is -3.87. The van der Waals surface area contributed by atoms with E-state index in [0.29, 0.717) is 0 Å². The van der Waals surface area contributed by atoms with Gasteiger partial charge in [0.2, 0.25) is 0 Å². The van der Waals surface area contributed by atoms with Crippen molar-refractivity contribution in [1.82, 2.24) is 0 Å². The molecule has 13 heavy (non-hydrogen) atoms. The SMILES string of the molecule is CC(C)COP(=O)(O)OC(C)(C)C. The quantitative estimate of drug-likeness (QED) is 0.724. The minimum atomic E-state index is -3.87. The Morgan fingerprint density at radius 1 is 1.38 bits per heavy atom. The zero-order valence-corrected chi connectivity index (χ0v) is 9.80. The van der Waals surface area contributed by atoms with Crippen molar-refractivity contribution in [3.63, 3.8) is 0 Å². The molecule has 0 fully saturated rings. The summed E-state index contributed by atoms with van der Waals surface area (Å²) >= 11 is 0. The van der Waals surface area contributed by atoms with Crippen LogP contribution in [0.25, 0.3) is 0 Å². The Bertz CT molecular complexity index is 195. The van der Waals surface area contributed by atoms with Crippen LogP contribution in [0.4, 0.5) is 0 Å². The normalized spacial score (nSPS) is 17.5. The molecule has 0 radical (unpaired) electrons. The molecule has 0 aromatic carbocycles. The summed E-state index contributed by atoms with van der Waals surface area (Å²) in [6, 6.07) is 0. The van der Waals surface area contributed by atoms with Gasteiger partial charge in [0.05, 0.1) is 12.2 Å². The number of hydrogen-bond acceptors (Lipinski definition) is 3. The lowest BCUT2D eigenvalue weighted by Gasteiger charge is -2.23. The molecule has 0 rings (SSSR count). The van der Waals surface area contributed by atoms with Gasteiger partial charge in [-0.25, -0.2) is 4.57 Å². The summed E-state index contributed by atoms with van der Waals surface area (Å²) in [5.41, 5.74) is -0.665. The molecule has 0 saturated carbocycles. The topological polar surface area (TPSA) is 55.8 Å². The minimum Gasteiger partial charge on any atom is -0.302 e. The molecule has 4 nitrogen and oxygen atoms in total. The van der Waals surface area contributed by atoms with Gasteiger partial charge in [-0.1, -0.05) is 13.8 Å². The summed E-state index contributed by atoms with van der Waals surface area (Å²) in [5, 5.41) is 0. The third-order valence-electron chi connectivity index (χ3n) is 0.960. The van der Waals surface area contributed by atoms with E-state index in [-0.39, 0.29) is 12.5 Å². The van der Waals surface area contributed by atoms with E-state index >= 15 is 0 Å². The van der Waals surface area contributed by atoms with Crippen LogP contribution in [0.3, 0.4) is 0 Å². The Balaban J connectivity index is 4.02. The predicted molar refractivity (Wildman–Crippen MR) is 51.5 cm³/mol. The molecule has 0 amide bonds. The maximum atomic E-state index is 11.2. The van der Waals surface area contributed by atoms with Crippen molar-refractivity contribution in [3.05, 3.63) is 0 Å². The Hall–Kier alpha value is 0.110. The Morgan fingerprint density at radius 3 is 2.15 bits per heavy atom. The molecule has 0 aliphatic heterocycles. The second-order valence-electron chi connectivity index (χ2n) is 4.36. The number of phosphoric acid groups is 1. The molecule has 1 N–H and O–H groups in total. The minimum absolute atomic E-state index is 0.212. The summed E-state index contributed by atoms with van der Waals surface area (Å²) in [4.78, 5) is 9.21. The first-order valence-corrected chi connectivity index (χ1v) is 5.80. The third kappa shape index (κ3) is 8.44. The molecule has 0 aliphatic carbocycles. The van der Waals surface area contributed by atoms with E-state index in [1.54, 1.807) is 20.8 Å². The highest BCUT2D eigenvalue weighted by molar-refractivity contribution is 7.47. The molecular weight excluding hydrogens is 191 g/mol. The number of hydrogen-bond donors (Lipinski definition) is 1. The van der Waals surface area contributed by atoms with Gasteiger partial charge in [-0.15, -0.1) is 0 Å². The van der Waals surface area contributed by atoms with Gasteiger partial charge in [-0.3, -0.25) is 9.05 Å². The predicted octanol–water partition coefficient (Wildman–Crippen LogP) is 2.57. The highest BCUT2D eigenvalue weighted by atomic mass is 31.2. The van der Waals surface area contributed by atoms with Crippen LogP contribution in [0.2, 0.25) is 0 Å². The van der Waals surface area contributed by atoms with Crippen LogP contribution in [0.15, 0.2) is 0 Å². The van der Waals surface area contributed by atoms with Crippen molar-refractivity contribution >= 4 is 7.82 Å². The zero-order chi connectivity index (χ0) is 10.7. The first kappa shape index (κ1) is 13.1. The van der Waals surface area contributed by atoms with Crippen LogP contribution >= 0.6 is 7.82 Å². The lowest BCUT2D eigenvalue weighted by Crippen LogP contribution is -2.18. The van der Waals surface area contributed by atoms with Crippen molar-refractivity contribution in [2.24, 2.45) is 5.92 Å². The van der Waals surface area contributed by atoms with Gasteiger partial charge < -0.3 is 4.89 Å². The van der Waals surface area contributed by atoms with Crippen LogP contribution in [0, 0.1) is 5.92 Å². The van der Waals surface area contributed by atoms with Crippen LogP contribution in [-0.4, -0.2) is 17.1 Å². The molecular formula is C8H19O4P. The van der Waals surface area contributed by atoms with E-state index in [2.05, 4.69) is 0 Å². The van der Waals surface area contributed by atoms with Gasteiger partial charge in [-0.2, -0.15) is 0 Å².